The number of ether oxygens (including phenoxy) is 1. The van der Waals surface area contributed by atoms with Crippen molar-refractivity contribution in [3.05, 3.63) is 29.6 Å². The molecule has 1 unspecified atom stereocenters. The summed E-state index contributed by atoms with van der Waals surface area (Å²) in [6.07, 6.45) is 4.97. The van der Waals surface area contributed by atoms with E-state index in [9.17, 15) is 4.79 Å². The lowest BCUT2D eigenvalue weighted by Gasteiger charge is -2.16. The lowest BCUT2D eigenvalue weighted by molar-refractivity contribution is 0.101. The molecule has 2 rings (SSSR count). The number of thiophene rings is 1. The highest BCUT2D eigenvalue weighted by Crippen LogP contribution is 2.30. The van der Waals surface area contributed by atoms with Gasteiger partial charge in [-0.1, -0.05) is 44.9 Å². The molecule has 1 aromatic heterocycles. The number of hydrogen-bond acceptors (Lipinski definition) is 3. The second kappa shape index (κ2) is 8.03. The maximum Gasteiger partial charge on any atom is 0.411 e. The molecule has 0 saturated heterocycles. The lowest BCUT2D eigenvalue weighted by atomic mass is 10.1. The first-order valence-electron chi connectivity index (χ1n) is 7.68. The molecule has 0 radical (unpaired) electrons. The maximum atomic E-state index is 12.0. The quantitative estimate of drug-likeness (QED) is 0.656. The number of hydrogen-bond donors (Lipinski definition) is 1. The lowest BCUT2D eigenvalue weighted by Crippen LogP contribution is -2.21. The molecule has 2 aromatic rings. The maximum absolute atomic E-state index is 12.0. The van der Waals surface area contributed by atoms with Gasteiger partial charge in [-0.25, -0.2) is 4.79 Å². The van der Waals surface area contributed by atoms with Crippen molar-refractivity contribution in [3.63, 3.8) is 0 Å². The SMILES string of the molecule is CCCCCC(CC)OC(=O)Nc1csc2ccccc12. The van der Waals surface area contributed by atoms with Crippen LogP contribution in [0.3, 0.4) is 0 Å². The average molecular weight is 305 g/mol. The van der Waals surface area contributed by atoms with Gasteiger partial charge >= 0.3 is 6.09 Å². The largest absolute Gasteiger partial charge is 0.446 e. The Hall–Kier alpha value is -1.55. The molecule has 4 heteroatoms. The van der Waals surface area contributed by atoms with Crippen molar-refractivity contribution in [1.82, 2.24) is 0 Å². The molecule has 0 aliphatic heterocycles. The van der Waals surface area contributed by atoms with Crippen LogP contribution in [0.5, 0.6) is 0 Å². The summed E-state index contributed by atoms with van der Waals surface area (Å²) in [5.41, 5.74) is 0.837. The monoisotopic (exact) mass is 305 g/mol. The average Bonchev–Trinajstić information content (AvgIpc) is 2.90. The second-order valence-corrected chi connectivity index (χ2v) is 6.11. The summed E-state index contributed by atoms with van der Waals surface area (Å²) in [5, 5.41) is 5.90. The highest BCUT2D eigenvalue weighted by molar-refractivity contribution is 7.17. The molecule has 1 N–H and O–H groups in total. The molecular weight excluding hydrogens is 282 g/mol. The van der Waals surface area contributed by atoms with Gasteiger partial charge in [-0.3, -0.25) is 5.32 Å². The predicted molar refractivity (Wildman–Crippen MR) is 90.1 cm³/mol. The number of amides is 1. The van der Waals surface area contributed by atoms with E-state index >= 15 is 0 Å². The Bertz CT molecular complexity index is 579. The Balaban J connectivity index is 1.91. The van der Waals surface area contributed by atoms with Crippen molar-refractivity contribution in [2.75, 3.05) is 5.32 Å². The summed E-state index contributed by atoms with van der Waals surface area (Å²) < 4.78 is 6.69. The molecule has 1 aromatic carbocycles. The Labute approximate surface area is 130 Å². The molecule has 1 heterocycles. The van der Waals surface area contributed by atoms with Crippen LogP contribution in [0.2, 0.25) is 0 Å². The molecule has 0 saturated carbocycles. The van der Waals surface area contributed by atoms with Crippen molar-refractivity contribution >= 4 is 33.2 Å². The first-order chi connectivity index (χ1) is 10.2. The number of unbranched alkanes of at least 4 members (excludes halogenated alkanes) is 2. The molecule has 0 aliphatic carbocycles. The highest BCUT2D eigenvalue weighted by Gasteiger charge is 2.14. The predicted octanol–water partition coefficient (Wildman–Crippen LogP) is 5.81. The van der Waals surface area contributed by atoms with Crippen molar-refractivity contribution in [3.8, 4) is 0 Å². The van der Waals surface area contributed by atoms with Gasteiger partial charge in [0.2, 0.25) is 0 Å². The van der Waals surface area contributed by atoms with Gasteiger partial charge in [0.15, 0.2) is 0 Å². The fourth-order valence-electron chi connectivity index (χ4n) is 2.33. The topological polar surface area (TPSA) is 38.3 Å². The van der Waals surface area contributed by atoms with E-state index in [4.69, 9.17) is 4.74 Å². The Morgan fingerprint density at radius 1 is 1.29 bits per heavy atom. The van der Waals surface area contributed by atoms with Crippen LogP contribution < -0.4 is 5.32 Å². The van der Waals surface area contributed by atoms with Crippen molar-refractivity contribution in [2.45, 2.75) is 52.1 Å². The van der Waals surface area contributed by atoms with Crippen molar-refractivity contribution < 1.29 is 9.53 Å². The van der Waals surface area contributed by atoms with Crippen molar-refractivity contribution in [2.24, 2.45) is 0 Å². The van der Waals surface area contributed by atoms with Crippen LogP contribution in [-0.4, -0.2) is 12.2 Å². The van der Waals surface area contributed by atoms with Crippen LogP contribution in [-0.2, 0) is 4.74 Å². The molecule has 3 nitrogen and oxygen atoms in total. The zero-order chi connectivity index (χ0) is 15.1. The van der Waals surface area contributed by atoms with Crippen LogP contribution in [0.1, 0.15) is 46.0 Å². The van der Waals surface area contributed by atoms with Crippen LogP contribution >= 0.6 is 11.3 Å². The molecule has 114 valence electrons. The zero-order valence-electron chi connectivity index (χ0n) is 12.7. The summed E-state index contributed by atoms with van der Waals surface area (Å²) >= 11 is 1.63. The Morgan fingerprint density at radius 2 is 2.10 bits per heavy atom. The van der Waals surface area contributed by atoms with Gasteiger partial charge in [0.1, 0.15) is 6.10 Å². The summed E-state index contributed by atoms with van der Waals surface area (Å²) in [6.45, 7) is 4.24. The van der Waals surface area contributed by atoms with E-state index in [-0.39, 0.29) is 12.2 Å². The fourth-order valence-corrected chi connectivity index (χ4v) is 3.23. The molecule has 1 amide bonds. The summed E-state index contributed by atoms with van der Waals surface area (Å²) in [4.78, 5) is 12.0. The van der Waals surface area contributed by atoms with Gasteiger partial charge in [-0.2, -0.15) is 0 Å². The van der Waals surface area contributed by atoms with Gasteiger partial charge in [0.25, 0.3) is 0 Å². The zero-order valence-corrected chi connectivity index (χ0v) is 13.5. The van der Waals surface area contributed by atoms with E-state index in [0.29, 0.717) is 0 Å². The number of carbonyl (C=O) groups excluding carboxylic acids is 1. The van der Waals surface area contributed by atoms with Gasteiger partial charge < -0.3 is 4.74 Å². The molecule has 0 bridgehead atoms. The minimum atomic E-state index is -0.345. The standard InChI is InChI=1S/C17H23NO2S/c1-3-5-6-9-13(4-2)20-17(19)18-15-12-21-16-11-8-7-10-14(15)16/h7-8,10-13H,3-6,9H2,1-2H3,(H,18,19). The third-order valence-corrected chi connectivity index (χ3v) is 4.54. The summed E-state index contributed by atoms with van der Waals surface area (Å²) in [6, 6.07) is 8.04. The first-order valence-corrected chi connectivity index (χ1v) is 8.56. The minimum absolute atomic E-state index is 0.0152. The third kappa shape index (κ3) is 4.46. The smallest absolute Gasteiger partial charge is 0.411 e. The molecule has 21 heavy (non-hydrogen) atoms. The number of benzene rings is 1. The fraction of sp³-hybridized carbons (Fsp3) is 0.471. The molecule has 0 aliphatic rings. The number of rotatable bonds is 7. The van der Waals surface area contributed by atoms with Crippen LogP contribution in [0.15, 0.2) is 29.6 Å². The number of anilines is 1. The van der Waals surface area contributed by atoms with E-state index < -0.39 is 0 Å². The molecular formula is C17H23NO2S. The van der Waals surface area contributed by atoms with E-state index in [2.05, 4.69) is 25.2 Å². The van der Waals surface area contributed by atoms with E-state index in [1.165, 1.54) is 17.5 Å². The highest BCUT2D eigenvalue weighted by atomic mass is 32.1. The normalized spacial score (nSPS) is 12.3. The van der Waals surface area contributed by atoms with E-state index in [1.54, 1.807) is 11.3 Å². The molecule has 0 spiro atoms. The van der Waals surface area contributed by atoms with Crippen molar-refractivity contribution in [1.29, 1.82) is 0 Å². The second-order valence-electron chi connectivity index (χ2n) is 5.20. The summed E-state index contributed by atoms with van der Waals surface area (Å²) in [7, 11) is 0. The van der Waals surface area contributed by atoms with Gasteiger partial charge in [-0.15, -0.1) is 11.3 Å². The van der Waals surface area contributed by atoms with Crippen LogP contribution in [0.4, 0.5) is 10.5 Å². The van der Waals surface area contributed by atoms with E-state index in [0.717, 1.165) is 30.3 Å². The van der Waals surface area contributed by atoms with E-state index in [1.807, 2.05) is 23.6 Å². The third-order valence-electron chi connectivity index (χ3n) is 3.58. The summed E-state index contributed by atoms with van der Waals surface area (Å²) in [5.74, 6) is 0. The first kappa shape index (κ1) is 15.8. The van der Waals surface area contributed by atoms with Crippen LogP contribution in [0.25, 0.3) is 10.1 Å². The van der Waals surface area contributed by atoms with Gasteiger partial charge in [0, 0.05) is 15.5 Å². The number of carbonyl (C=O) groups is 1. The number of nitrogens with one attached hydrogen (secondary N) is 1. The Morgan fingerprint density at radius 3 is 2.86 bits per heavy atom. The Kier molecular flexibility index (Phi) is 6.05. The number of fused-ring (bicyclic) bond motifs is 1. The van der Waals surface area contributed by atoms with Crippen LogP contribution in [0, 0.1) is 0 Å². The minimum Gasteiger partial charge on any atom is -0.446 e. The molecule has 1 atom stereocenters. The van der Waals surface area contributed by atoms with Gasteiger partial charge in [-0.05, 0) is 25.3 Å². The molecule has 0 fully saturated rings. The van der Waals surface area contributed by atoms with Gasteiger partial charge in [0.05, 0.1) is 5.69 Å².